The third-order valence-corrected chi connectivity index (χ3v) is 4.05. The minimum atomic E-state index is -3.40. The van der Waals surface area contributed by atoms with Crippen molar-refractivity contribution in [2.45, 2.75) is 13.3 Å². The molecule has 0 aromatic heterocycles. The van der Waals surface area contributed by atoms with Crippen LogP contribution in [-0.4, -0.2) is 41.5 Å². The number of benzene rings is 1. The highest BCUT2D eigenvalue weighted by Crippen LogP contribution is 2.29. The zero-order valence-electron chi connectivity index (χ0n) is 12.1. The van der Waals surface area contributed by atoms with E-state index in [1.807, 2.05) is 6.92 Å². The first-order valence-corrected chi connectivity index (χ1v) is 8.11. The molecule has 0 saturated carbocycles. The molecule has 0 spiro atoms. The Labute approximate surface area is 120 Å². The van der Waals surface area contributed by atoms with Crippen LogP contribution in [0.4, 0.5) is 5.69 Å². The van der Waals surface area contributed by atoms with E-state index >= 15 is 0 Å². The van der Waals surface area contributed by atoms with Crippen LogP contribution in [0.2, 0.25) is 0 Å². The Morgan fingerprint density at radius 3 is 2.55 bits per heavy atom. The molecule has 0 unspecified atom stereocenters. The molecule has 0 atom stereocenters. The van der Waals surface area contributed by atoms with Gasteiger partial charge < -0.3 is 14.8 Å². The van der Waals surface area contributed by atoms with E-state index < -0.39 is 10.0 Å². The Balaban J connectivity index is 2.75. The van der Waals surface area contributed by atoms with Crippen LogP contribution >= 0.6 is 0 Å². The number of sulfonamides is 1. The van der Waals surface area contributed by atoms with Crippen LogP contribution < -0.4 is 19.5 Å². The predicted octanol–water partition coefficient (Wildman–Crippen LogP) is 1.45. The normalized spacial score (nSPS) is 11.2. The second-order valence-corrected chi connectivity index (χ2v) is 6.04. The molecule has 0 radical (unpaired) electrons. The van der Waals surface area contributed by atoms with Crippen molar-refractivity contribution in [1.29, 1.82) is 0 Å². The lowest BCUT2D eigenvalue weighted by Gasteiger charge is -2.13. The number of hydrogen-bond acceptors (Lipinski definition) is 5. The van der Waals surface area contributed by atoms with E-state index in [-0.39, 0.29) is 5.75 Å². The molecule has 0 fully saturated rings. The van der Waals surface area contributed by atoms with E-state index in [9.17, 15) is 8.42 Å². The van der Waals surface area contributed by atoms with Gasteiger partial charge in [-0.15, -0.1) is 0 Å². The first-order chi connectivity index (χ1) is 9.52. The highest BCUT2D eigenvalue weighted by atomic mass is 32.2. The van der Waals surface area contributed by atoms with Crippen molar-refractivity contribution in [2.75, 3.05) is 37.8 Å². The summed E-state index contributed by atoms with van der Waals surface area (Å²) in [5, 5.41) is 3.09. The molecule has 0 saturated heterocycles. The maximum Gasteiger partial charge on any atom is 0.232 e. The van der Waals surface area contributed by atoms with Crippen LogP contribution in [0.15, 0.2) is 18.2 Å². The van der Waals surface area contributed by atoms with Crippen molar-refractivity contribution in [3.05, 3.63) is 18.2 Å². The van der Waals surface area contributed by atoms with E-state index in [2.05, 4.69) is 10.0 Å². The molecule has 1 rings (SSSR count). The standard InChI is InChI=1S/C13H22N2O4S/c1-4-14-8-5-9-20(16,17)15-12-10-11(18-2)6-7-13(12)19-3/h6-7,10,14-15H,4-5,8-9H2,1-3H3. The summed E-state index contributed by atoms with van der Waals surface area (Å²) in [6.45, 7) is 3.48. The molecule has 1 aromatic rings. The Bertz CT molecular complexity index is 517. The van der Waals surface area contributed by atoms with Crippen LogP contribution in [-0.2, 0) is 10.0 Å². The summed E-state index contributed by atoms with van der Waals surface area (Å²) in [4.78, 5) is 0. The first kappa shape index (κ1) is 16.6. The van der Waals surface area contributed by atoms with Crippen molar-refractivity contribution in [2.24, 2.45) is 0 Å². The summed E-state index contributed by atoms with van der Waals surface area (Å²) < 4.78 is 36.7. The van der Waals surface area contributed by atoms with Crippen molar-refractivity contribution >= 4 is 15.7 Å². The van der Waals surface area contributed by atoms with Gasteiger partial charge in [0.25, 0.3) is 0 Å². The molecule has 0 amide bonds. The smallest absolute Gasteiger partial charge is 0.232 e. The van der Waals surface area contributed by atoms with Gasteiger partial charge in [0.1, 0.15) is 11.5 Å². The Morgan fingerprint density at radius 1 is 1.20 bits per heavy atom. The average Bonchev–Trinajstić information content (AvgIpc) is 2.43. The van der Waals surface area contributed by atoms with E-state index in [4.69, 9.17) is 9.47 Å². The van der Waals surface area contributed by atoms with E-state index in [0.29, 0.717) is 30.2 Å². The summed E-state index contributed by atoms with van der Waals surface area (Å²) in [6, 6.07) is 4.97. The van der Waals surface area contributed by atoms with Gasteiger partial charge in [-0.3, -0.25) is 4.72 Å². The molecular formula is C13H22N2O4S. The monoisotopic (exact) mass is 302 g/mol. The van der Waals surface area contributed by atoms with E-state index in [0.717, 1.165) is 6.54 Å². The number of hydrogen-bond donors (Lipinski definition) is 2. The molecule has 0 bridgehead atoms. The van der Waals surface area contributed by atoms with Crippen molar-refractivity contribution in [1.82, 2.24) is 5.32 Å². The number of methoxy groups -OCH3 is 2. The average molecular weight is 302 g/mol. The number of rotatable bonds is 9. The molecule has 20 heavy (non-hydrogen) atoms. The summed E-state index contributed by atoms with van der Waals surface area (Å²) in [5.41, 5.74) is 0.385. The summed E-state index contributed by atoms with van der Waals surface area (Å²) in [5.74, 6) is 1.08. The molecule has 114 valence electrons. The SMILES string of the molecule is CCNCCCS(=O)(=O)Nc1cc(OC)ccc1OC. The third-order valence-electron chi connectivity index (χ3n) is 2.69. The molecule has 0 aliphatic carbocycles. The Morgan fingerprint density at radius 2 is 1.95 bits per heavy atom. The highest BCUT2D eigenvalue weighted by Gasteiger charge is 2.14. The number of anilines is 1. The van der Waals surface area contributed by atoms with Gasteiger partial charge in [0.15, 0.2) is 0 Å². The van der Waals surface area contributed by atoms with E-state index in [1.165, 1.54) is 14.2 Å². The molecule has 6 nitrogen and oxygen atoms in total. The third kappa shape index (κ3) is 5.26. The lowest BCUT2D eigenvalue weighted by Crippen LogP contribution is -2.22. The first-order valence-electron chi connectivity index (χ1n) is 6.45. The topological polar surface area (TPSA) is 76.7 Å². The summed E-state index contributed by atoms with van der Waals surface area (Å²) in [6.07, 6.45) is 0.551. The highest BCUT2D eigenvalue weighted by molar-refractivity contribution is 7.92. The van der Waals surface area contributed by atoms with E-state index in [1.54, 1.807) is 18.2 Å². The zero-order chi connectivity index (χ0) is 15.0. The van der Waals surface area contributed by atoms with Crippen molar-refractivity contribution in [3.8, 4) is 11.5 Å². The molecule has 0 aliphatic rings. The molecule has 0 heterocycles. The fourth-order valence-electron chi connectivity index (χ4n) is 1.68. The van der Waals surface area contributed by atoms with Gasteiger partial charge in [-0.2, -0.15) is 0 Å². The molecular weight excluding hydrogens is 280 g/mol. The maximum absolute atomic E-state index is 12.0. The lowest BCUT2D eigenvalue weighted by molar-refractivity contribution is 0.405. The summed E-state index contributed by atoms with van der Waals surface area (Å²) >= 11 is 0. The quantitative estimate of drug-likeness (QED) is 0.675. The molecule has 7 heteroatoms. The number of nitrogens with one attached hydrogen (secondary N) is 2. The van der Waals surface area contributed by atoms with Gasteiger partial charge in [0.05, 0.1) is 25.7 Å². The second kappa shape index (κ2) is 7.96. The van der Waals surface area contributed by atoms with Crippen LogP contribution in [0.3, 0.4) is 0 Å². The number of ether oxygens (including phenoxy) is 2. The van der Waals surface area contributed by atoms with Crippen molar-refractivity contribution < 1.29 is 17.9 Å². The molecule has 0 aliphatic heterocycles. The van der Waals surface area contributed by atoms with Crippen LogP contribution in [0.25, 0.3) is 0 Å². The second-order valence-electron chi connectivity index (χ2n) is 4.19. The largest absolute Gasteiger partial charge is 0.497 e. The maximum atomic E-state index is 12.0. The zero-order valence-corrected chi connectivity index (χ0v) is 12.9. The van der Waals surface area contributed by atoms with Gasteiger partial charge in [-0.1, -0.05) is 6.92 Å². The Hall–Kier alpha value is -1.47. The van der Waals surface area contributed by atoms with Gasteiger partial charge in [0.2, 0.25) is 10.0 Å². The van der Waals surface area contributed by atoms with Crippen molar-refractivity contribution in [3.63, 3.8) is 0 Å². The Kier molecular flexibility index (Phi) is 6.60. The van der Waals surface area contributed by atoms with Crippen LogP contribution in [0.1, 0.15) is 13.3 Å². The minimum Gasteiger partial charge on any atom is -0.497 e. The summed E-state index contributed by atoms with van der Waals surface area (Å²) in [7, 11) is -0.383. The van der Waals surface area contributed by atoms with Gasteiger partial charge in [0, 0.05) is 6.07 Å². The fourth-order valence-corrected chi connectivity index (χ4v) is 2.80. The van der Waals surface area contributed by atoms with Gasteiger partial charge >= 0.3 is 0 Å². The minimum absolute atomic E-state index is 0.0559. The predicted molar refractivity (Wildman–Crippen MR) is 80.1 cm³/mol. The van der Waals surface area contributed by atoms with Crippen LogP contribution in [0, 0.1) is 0 Å². The lowest BCUT2D eigenvalue weighted by atomic mass is 10.3. The van der Waals surface area contributed by atoms with Crippen LogP contribution in [0.5, 0.6) is 11.5 Å². The van der Waals surface area contributed by atoms with Gasteiger partial charge in [-0.25, -0.2) is 8.42 Å². The molecule has 2 N–H and O–H groups in total. The van der Waals surface area contributed by atoms with Gasteiger partial charge in [-0.05, 0) is 31.6 Å². The molecule has 1 aromatic carbocycles. The fraction of sp³-hybridized carbons (Fsp3) is 0.538.